The van der Waals surface area contributed by atoms with Crippen molar-refractivity contribution in [2.75, 3.05) is 12.9 Å². The smallest absolute Gasteiger partial charge is 0.147 e. The molecule has 104 valence electrons. The fourth-order valence-electron chi connectivity index (χ4n) is 1.76. The Morgan fingerprint density at radius 3 is 2.75 bits per heavy atom. The van der Waals surface area contributed by atoms with Gasteiger partial charge in [0.05, 0.1) is 12.9 Å². The lowest BCUT2D eigenvalue weighted by molar-refractivity contribution is -0.116. The van der Waals surface area contributed by atoms with Gasteiger partial charge in [0.15, 0.2) is 0 Å². The molecule has 0 N–H and O–H groups in total. The van der Waals surface area contributed by atoms with E-state index in [1.807, 2.05) is 24.3 Å². The van der Waals surface area contributed by atoms with E-state index in [9.17, 15) is 9.18 Å². The summed E-state index contributed by atoms with van der Waals surface area (Å²) in [5.41, 5.74) is 0.448. The molecule has 0 heterocycles. The first-order chi connectivity index (χ1) is 9.69. The van der Waals surface area contributed by atoms with Crippen LogP contribution < -0.4 is 4.74 Å². The van der Waals surface area contributed by atoms with Gasteiger partial charge in [0.1, 0.15) is 17.3 Å². The molecule has 0 bridgehead atoms. The molecule has 0 radical (unpaired) electrons. The SMILES string of the molecule is COc1cccc(SCC(=O)Cc2ccccc2F)c1. The molecule has 2 aromatic carbocycles. The molecule has 0 aromatic heterocycles. The number of carbonyl (C=O) groups excluding carboxylic acids is 1. The number of halogens is 1. The first-order valence-corrected chi connectivity index (χ1v) is 7.19. The van der Waals surface area contributed by atoms with Crippen LogP contribution in [-0.4, -0.2) is 18.6 Å². The first-order valence-electron chi connectivity index (χ1n) is 6.21. The predicted molar refractivity (Wildman–Crippen MR) is 78.8 cm³/mol. The van der Waals surface area contributed by atoms with Gasteiger partial charge >= 0.3 is 0 Å². The average Bonchev–Trinajstić information content (AvgIpc) is 2.48. The second-order valence-corrected chi connectivity index (χ2v) is 5.32. The van der Waals surface area contributed by atoms with E-state index >= 15 is 0 Å². The number of ether oxygens (including phenoxy) is 1. The van der Waals surface area contributed by atoms with Crippen LogP contribution in [0.25, 0.3) is 0 Å². The van der Waals surface area contributed by atoms with Crippen LogP contribution in [0, 0.1) is 5.82 Å². The van der Waals surface area contributed by atoms with E-state index in [4.69, 9.17) is 4.74 Å². The summed E-state index contributed by atoms with van der Waals surface area (Å²) in [6, 6.07) is 13.9. The number of hydrogen-bond acceptors (Lipinski definition) is 3. The monoisotopic (exact) mass is 290 g/mol. The normalized spacial score (nSPS) is 10.3. The minimum absolute atomic E-state index is 0.00270. The van der Waals surface area contributed by atoms with Crippen molar-refractivity contribution in [2.45, 2.75) is 11.3 Å². The molecule has 0 saturated heterocycles. The molecule has 0 aliphatic carbocycles. The highest BCUT2D eigenvalue weighted by atomic mass is 32.2. The van der Waals surface area contributed by atoms with Crippen molar-refractivity contribution in [2.24, 2.45) is 0 Å². The summed E-state index contributed by atoms with van der Waals surface area (Å²) in [5, 5.41) is 0. The number of Topliss-reactive ketones (excluding diaryl/α,β-unsaturated/α-hetero) is 1. The molecular weight excluding hydrogens is 275 g/mol. The minimum Gasteiger partial charge on any atom is -0.497 e. The maximum Gasteiger partial charge on any atom is 0.147 e. The Balaban J connectivity index is 1.90. The third-order valence-corrected chi connectivity index (χ3v) is 3.84. The van der Waals surface area contributed by atoms with Gasteiger partial charge in [-0.05, 0) is 29.8 Å². The lowest BCUT2D eigenvalue weighted by Gasteiger charge is -2.05. The number of thioether (sulfide) groups is 1. The molecule has 2 nitrogen and oxygen atoms in total. The second-order valence-electron chi connectivity index (χ2n) is 4.27. The molecule has 0 spiro atoms. The summed E-state index contributed by atoms with van der Waals surface area (Å²) in [5.74, 6) is 0.758. The van der Waals surface area contributed by atoms with Crippen molar-refractivity contribution >= 4 is 17.5 Å². The highest BCUT2D eigenvalue weighted by molar-refractivity contribution is 8.00. The van der Waals surface area contributed by atoms with Gasteiger partial charge < -0.3 is 4.74 Å². The molecule has 4 heteroatoms. The van der Waals surface area contributed by atoms with E-state index in [1.165, 1.54) is 17.8 Å². The maximum atomic E-state index is 13.4. The molecule has 0 amide bonds. The van der Waals surface area contributed by atoms with Crippen LogP contribution in [0.5, 0.6) is 5.75 Å². The van der Waals surface area contributed by atoms with E-state index in [0.717, 1.165) is 10.6 Å². The van der Waals surface area contributed by atoms with Crippen LogP contribution in [0.4, 0.5) is 4.39 Å². The quantitative estimate of drug-likeness (QED) is 0.758. The van der Waals surface area contributed by atoms with E-state index < -0.39 is 0 Å². The Hall–Kier alpha value is -1.81. The van der Waals surface area contributed by atoms with Crippen molar-refractivity contribution in [3.63, 3.8) is 0 Å². The molecule has 0 aliphatic rings. The third kappa shape index (κ3) is 4.10. The van der Waals surface area contributed by atoms with Crippen LogP contribution in [0.3, 0.4) is 0 Å². The van der Waals surface area contributed by atoms with Crippen LogP contribution in [0.2, 0.25) is 0 Å². The number of carbonyl (C=O) groups is 1. The Labute approximate surface area is 122 Å². The van der Waals surface area contributed by atoms with E-state index in [-0.39, 0.29) is 18.0 Å². The lowest BCUT2D eigenvalue weighted by Crippen LogP contribution is -2.07. The largest absolute Gasteiger partial charge is 0.497 e. The molecule has 20 heavy (non-hydrogen) atoms. The van der Waals surface area contributed by atoms with E-state index in [0.29, 0.717) is 11.3 Å². The van der Waals surface area contributed by atoms with Crippen LogP contribution in [0.15, 0.2) is 53.4 Å². The topological polar surface area (TPSA) is 26.3 Å². The van der Waals surface area contributed by atoms with Gasteiger partial charge in [-0.2, -0.15) is 0 Å². The Morgan fingerprint density at radius 2 is 2.00 bits per heavy atom. The van der Waals surface area contributed by atoms with Gasteiger partial charge in [0.2, 0.25) is 0 Å². The van der Waals surface area contributed by atoms with Crippen molar-refractivity contribution < 1.29 is 13.9 Å². The highest BCUT2D eigenvalue weighted by Crippen LogP contribution is 2.23. The van der Waals surface area contributed by atoms with Gasteiger partial charge in [-0.1, -0.05) is 24.3 Å². The molecule has 0 fully saturated rings. The number of hydrogen-bond donors (Lipinski definition) is 0. The zero-order valence-corrected chi connectivity index (χ0v) is 12.0. The van der Waals surface area contributed by atoms with Crippen molar-refractivity contribution in [3.8, 4) is 5.75 Å². The summed E-state index contributed by atoms with van der Waals surface area (Å²) in [4.78, 5) is 12.8. The fraction of sp³-hybridized carbons (Fsp3) is 0.188. The van der Waals surface area contributed by atoms with Crippen molar-refractivity contribution in [1.29, 1.82) is 0 Å². The Morgan fingerprint density at radius 1 is 1.20 bits per heavy atom. The standard InChI is InChI=1S/C16H15FO2S/c1-19-14-6-4-7-15(10-14)20-11-13(18)9-12-5-2-3-8-16(12)17/h2-8,10H,9,11H2,1H3. The minimum atomic E-state index is -0.327. The van der Waals surface area contributed by atoms with Gasteiger partial charge in [0.25, 0.3) is 0 Å². The second kappa shape index (κ2) is 7.10. The maximum absolute atomic E-state index is 13.4. The van der Waals surface area contributed by atoms with Gasteiger partial charge in [-0.15, -0.1) is 11.8 Å². The fourth-order valence-corrected chi connectivity index (χ4v) is 2.56. The summed E-state index contributed by atoms with van der Waals surface area (Å²) >= 11 is 1.43. The van der Waals surface area contributed by atoms with Gasteiger partial charge in [0, 0.05) is 11.3 Å². The molecular formula is C16H15FO2S. The molecule has 0 aliphatic heterocycles. The zero-order valence-electron chi connectivity index (χ0n) is 11.1. The average molecular weight is 290 g/mol. The van der Waals surface area contributed by atoms with Crippen LogP contribution >= 0.6 is 11.8 Å². The number of methoxy groups -OCH3 is 1. The molecule has 2 aromatic rings. The van der Waals surface area contributed by atoms with Crippen molar-refractivity contribution in [1.82, 2.24) is 0 Å². The number of benzene rings is 2. The first kappa shape index (κ1) is 14.6. The lowest BCUT2D eigenvalue weighted by atomic mass is 10.1. The predicted octanol–water partition coefficient (Wildman–Crippen LogP) is 3.74. The van der Waals surface area contributed by atoms with Gasteiger partial charge in [-0.3, -0.25) is 4.79 Å². The zero-order chi connectivity index (χ0) is 14.4. The number of ketones is 1. The van der Waals surface area contributed by atoms with E-state index in [2.05, 4.69) is 0 Å². The molecule has 0 atom stereocenters. The van der Waals surface area contributed by atoms with Gasteiger partial charge in [-0.25, -0.2) is 4.39 Å². The van der Waals surface area contributed by atoms with Crippen LogP contribution in [-0.2, 0) is 11.2 Å². The Bertz CT molecular complexity index is 599. The summed E-state index contributed by atoms with van der Waals surface area (Å²) in [7, 11) is 1.60. The summed E-state index contributed by atoms with van der Waals surface area (Å²) in [6.07, 6.45) is 0.129. The van der Waals surface area contributed by atoms with E-state index in [1.54, 1.807) is 25.3 Å². The Kier molecular flexibility index (Phi) is 5.18. The molecule has 0 unspecified atom stereocenters. The highest BCUT2D eigenvalue weighted by Gasteiger charge is 2.08. The summed E-state index contributed by atoms with van der Waals surface area (Å²) < 4.78 is 18.6. The molecule has 2 rings (SSSR count). The third-order valence-electron chi connectivity index (χ3n) is 2.79. The molecule has 0 saturated carbocycles. The number of rotatable bonds is 6. The van der Waals surface area contributed by atoms with Crippen LogP contribution in [0.1, 0.15) is 5.56 Å². The summed E-state index contributed by atoms with van der Waals surface area (Å²) in [6.45, 7) is 0. The van der Waals surface area contributed by atoms with Crippen molar-refractivity contribution in [3.05, 3.63) is 59.9 Å².